The standard InChI is InChI=1S/C16H24N2O2S/c19-15-3-1-2-14(15)17-7-9-18(10-8-17)16(20)5-4-13-6-11-21-12-13/h6,11-12,14-15,19H,1-5,7-10H2. The molecule has 0 bridgehead atoms. The SMILES string of the molecule is O=C(CCc1ccsc1)N1CCN(C2CCCC2O)CC1. The highest BCUT2D eigenvalue weighted by molar-refractivity contribution is 7.07. The second-order valence-corrected chi connectivity index (χ2v) is 6.89. The van der Waals surface area contributed by atoms with Crippen LogP contribution < -0.4 is 0 Å². The van der Waals surface area contributed by atoms with Crippen LogP contribution in [-0.2, 0) is 11.2 Å². The zero-order chi connectivity index (χ0) is 14.7. The predicted octanol–water partition coefficient (Wildman–Crippen LogP) is 1.74. The molecule has 2 heterocycles. The molecule has 0 spiro atoms. The summed E-state index contributed by atoms with van der Waals surface area (Å²) in [6.45, 7) is 3.44. The van der Waals surface area contributed by atoms with Gasteiger partial charge in [0.25, 0.3) is 0 Å². The smallest absolute Gasteiger partial charge is 0.222 e. The first kappa shape index (κ1) is 15.0. The molecule has 2 atom stereocenters. The molecule has 1 saturated heterocycles. The van der Waals surface area contributed by atoms with Gasteiger partial charge in [-0.2, -0.15) is 11.3 Å². The number of nitrogens with zero attached hydrogens (tertiary/aromatic N) is 2. The topological polar surface area (TPSA) is 43.8 Å². The van der Waals surface area contributed by atoms with Gasteiger partial charge in [0.1, 0.15) is 0 Å². The van der Waals surface area contributed by atoms with E-state index in [0.717, 1.165) is 51.9 Å². The van der Waals surface area contributed by atoms with Crippen LogP contribution in [0.3, 0.4) is 0 Å². The molecule has 0 radical (unpaired) electrons. The first-order chi connectivity index (χ1) is 10.2. The minimum atomic E-state index is -0.161. The van der Waals surface area contributed by atoms with Gasteiger partial charge in [0.05, 0.1) is 6.10 Å². The van der Waals surface area contributed by atoms with Crippen molar-refractivity contribution in [2.75, 3.05) is 26.2 Å². The summed E-state index contributed by atoms with van der Waals surface area (Å²) >= 11 is 1.69. The minimum Gasteiger partial charge on any atom is -0.391 e. The number of aliphatic hydroxyl groups is 1. The number of aryl methyl sites for hydroxylation is 1. The normalized spacial score (nSPS) is 27.2. The van der Waals surface area contributed by atoms with Gasteiger partial charge in [0.15, 0.2) is 0 Å². The predicted molar refractivity (Wildman–Crippen MR) is 84.4 cm³/mol. The third kappa shape index (κ3) is 3.65. The molecule has 1 amide bonds. The summed E-state index contributed by atoms with van der Waals surface area (Å²) in [6, 6.07) is 2.42. The van der Waals surface area contributed by atoms with E-state index in [1.807, 2.05) is 4.90 Å². The van der Waals surface area contributed by atoms with E-state index < -0.39 is 0 Å². The molecular formula is C16H24N2O2S. The molecule has 1 N–H and O–H groups in total. The van der Waals surface area contributed by atoms with Gasteiger partial charge in [-0.1, -0.05) is 0 Å². The number of carbonyl (C=O) groups is 1. The second-order valence-electron chi connectivity index (χ2n) is 6.11. The second kappa shape index (κ2) is 6.90. The van der Waals surface area contributed by atoms with Crippen molar-refractivity contribution in [3.8, 4) is 0 Å². The van der Waals surface area contributed by atoms with Gasteiger partial charge in [-0.05, 0) is 48.1 Å². The summed E-state index contributed by atoms with van der Waals surface area (Å²) in [5, 5.41) is 14.2. The van der Waals surface area contributed by atoms with Gasteiger partial charge >= 0.3 is 0 Å². The molecule has 1 aromatic rings. The molecule has 1 aromatic heterocycles. The first-order valence-electron chi connectivity index (χ1n) is 7.95. The molecule has 4 nitrogen and oxygen atoms in total. The molecule has 1 saturated carbocycles. The average molecular weight is 308 g/mol. The highest BCUT2D eigenvalue weighted by atomic mass is 32.1. The van der Waals surface area contributed by atoms with Crippen molar-refractivity contribution in [1.82, 2.24) is 9.80 Å². The quantitative estimate of drug-likeness (QED) is 0.921. The van der Waals surface area contributed by atoms with E-state index >= 15 is 0 Å². The van der Waals surface area contributed by atoms with Crippen molar-refractivity contribution >= 4 is 17.2 Å². The van der Waals surface area contributed by atoms with Crippen LogP contribution in [0.4, 0.5) is 0 Å². The summed E-state index contributed by atoms with van der Waals surface area (Å²) in [5.41, 5.74) is 1.26. The van der Waals surface area contributed by atoms with E-state index in [2.05, 4.69) is 21.7 Å². The third-order valence-corrected chi connectivity index (χ3v) is 5.52. The maximum absolute atomic E-state index is 12.2. The molecule has 2 aliphatic rings. The van der Waals surface area contributed by atoms with Crippen LogP contribution in [0.5, 0.6) is 0 Å². The monoisotopic (exact) mass is 308 g/mol. The van der Waals surface area contributed by atoms with Crippen molar-refractivity contribution in [2.45, 2.75) is 44.2 Å². The molecule has 116 valence electrons. The lowest BCUT2D eigenvalue weighted by Crippen LogP contribution is -2.53. The number of carbonyl (C=O) groups excluding carboxylic acids is 1. The molecule has 3 rings (SSSR count). The molecule has 2 unspecified atom stereocenters. The number of hydrogen-bond donors (Lipinski definition) is 1. The zero-order valence-electron chi connectivity index (χ0n) is 12.4. The summed E-state index contributed by atoms with van der Waals surface area (Å²) in [7, 11) is 0. The summed E-state index contributed by atoms with van der Waals surface area (Å²) in [6.07, 6.45) is 4.47. The summed E-state index contributed by atoms with van der Waals surface area (Å²) in [4.78, 5) is 16.6. The van der Waals surface area contributed by atoms with Crippen LogP contribution in [0, 0.1) is 0 Å². The van der Waals surface area contributed by atoms with Crippen LogP contribution in [0.1, 0.15) is 31.2 Å². The van der Waals surface area contributed by atoms with Crippen molar-refractivity contribution in [2.24, 2.45) is 0 Å². The number of amides is 1. The van der Waals surface area contributed by atoms with Crippen LogP contribution in [0.25, 0.3) is 0 Å². The third-order valence-electron chi connectivity index (χ3n) is 4.79. The Hall–Kier alpha value is -0.910. The Bertz CT molecular complexity index is 455. The van der Waals surface area contributed by atoms with E-state index in [4.69, 9.17) is 0 Å². The van der Waals surface area contributed by atoms with Crippen molar-refractivity contribution in [3.05, 3.63) is 22.4 Å². The van der Waals surface area contributed by atoms with Gasteiger partial charge in [0, 0.05) is 38.6 Å². The Balaban J connectivity index is 1.43. The summed E-state index contributed by atoms with van der Waals surface area (Å²) in [5.74, 6) is 0.271. The van der Waals surface area contributed by atoms with Crippen LogP contribution in [0.15, 0.2) is 16.8 Å². The van der Waals surface area contributed by atoms with Gasteiger partial charge in [0.2, 0.25) is 5.91 Å². The van der Waals surface area contributed by atoms with E-state index in [1.165, 1.54) is 5.56 Å². The minimum absolute atomic E-state index is 0.161. The van der Waals surface area contributed by atoms with Gasteiger partial charge in [-0.3, -0.25) is 9.69 Å². The number of hydrogen-bond acceptors (Lipinski definition) is 4. The maximum Gasteiger partial charge on any atom is 0.222 e. The number of thiophene rings is 1. The molecule has 21 heavy (non-hydrogen) atoms. The van der Waals surface area contributed by atoms with Gasteiger partial charge in [-0.25, -0.2) is 0 Å². The fraction of sp³-hybridized carbons (Fsp3) is 0.688. The lowest BCUT2D eigenvalue weighted by atomic mass is 10.1. The van der Waals surface area contributed by atoms with E-state index in [9.17, 15) is 9.90 Å². The number of aliphatic hydroxyl groups excluding tert-OH is 1. The van der Waals surface area contributed by atoms with Crippen molar-refractivity contribution < 1.29 is 9.90 Å². The molecule has 1 aliphatic carbocycles. The van der Waals surface area contributed by atoms with Crippen LogP contribution >= 0.6 is 11.3 Å². The molecule has 2 fully saturated rings. The Morgan fingerprint density at radius 3 is 2.71 bits per heavy atom. The molecule has 0 aromatic carbocycles. The van der Waals surface area contributed by atoms with Crippen molar-refractivity contribution in [3.63, 3.8) is 0 Å². The zero-order valence-corrected chi connectivity index (χ0v) is 13.2. The first-order valence-corrected chi connectivity index (χ1v) is 8.89. The Labute approximate surface area is 130 Å². The Morgan fingerprint density at radius 1 is 1.29 bits per heavy atom. The summed E-state index contributed by atoms with van der Waals surface area (Å²) < 4.78 is 0. The fourth-order valence-electron chi connectivity index (χ4n) is 3.49. The lowest BCUT2D eigenvalue weighted by molar-refractivity contribution is -0.133. The fourth-order valence-corrected chi connectivity index (χ4v) is 4.20. The Kier molecular flexibility index (Phi) is 4.93. The van der Waals surface area contributed by atoms with Gasteiger partial charge < -0.3 is 10.0 Å². The van der Waals surface area contributed by atoms with Crippen LogP contribution in [0.2, 0.25) is 0 Å². The highest BCUT2D eigenvalue weighted by Gasteiger charge is 2.33. The highest BCUT2D eigenvalue weighted by Crippen LogP contribution is 2.25. The number of piperazine rings is 1. The van der Waals surface area contributed by atoms with Crippen molar-refractivity contribution in [1.29, 1.82) is 0 Å². The van der Waals surface area contributed by atoms with Gasteiger partial charge in [-0.15, -0.1) is 0 Å². The van der Waals surface area contributed by atoms with Crippen LogP contribution in [-0.4, -0.2) is 59.1 Å². The largest absolute Gasteiger partial charge is 0.391 e. The molecular weight excluding hydrogens is 284 g/mol. The van der Waals surface area contributed by atoms with E-state index in [1.54, 1.807) is 11.3 Å². The molecule has 1 aliphatic heterocycles. The van der Waals surface area contributed by atoms with E-state index in [0.29, 0.717) is 12.5 Å². The average Bonchev–Trinajstić information content (AvgIpc) is 3.16. The number of rotatable bonds is 4. The lowest BCUT2D eigenvalue weighted by Gasteiger charge is -2.39. The maximum atomic E-state index is 12.2. The van der Waals surface area contributed by atoms with E-state index in [-0.39, 0.29) is 12.0 Å². The Morgan fingerprint density at radius 2 is 2.10 bits per heavy atom. The molecule has 5 heteroatoms.